The van der Waals surface area contributed by atoms with Crippen molar-refractivity contribution in [3.05, 3.63) is 59.8 Å². The molecule has 7 heteroatoms. The molecule has 1 aromatic carbocycles. The summed E-state index contributed by atoms with van der Waals surface area (Å²) in [6, 6.07) is 3.84. The van der Waals surface area contributed by atoms with Crippen molar-refractivity contribution in [2.24, 2.45) is 7.05 Å². The van der Waals surface area contributed by atoms with Crippen LogP contribution in [0.25, 0.3) is 11.3 Å². The third-order valence-corrected chi connectivity index (χ3v) is 5.06. The number of piperidine rings is 1. The molecule has 1 aliphatic heterocycles. The van der Waals surface area contributed by atoms with Crippen LogP contribution in [-0.2, 0) is 13.6 Å². The Morgan fingerprint density at radius 1 is 1.27 bits per heavy atom. The lowest BCUT2D eigenvalue weighted by Crippen LogP contribution is -2.34. The second kappa shape index (κ2) is 6.99. The number of rotatable bonds is 4. The lowest BCUT2D eigenvalue weighted by molar-refractivity contribution is 0.132. The van der Waals surface area contributed by atoms with Crippen LogP contribution in [0.4, 0.5) is 8.78 Å². The van der Waals surface area contributed by atoms with E-state index >= 15 is 0 Å². The van der Waals surface area contributed by atoms with Crippen LogP contribution in [0, 0.1) is 11.6 Å². The first-order chi connectivity index (χ1) is 12.6. The van der Waals surface area contributed by atoms with Crippen molar-refractivity contribution >= 4 is 0 Å². The molecule has 0 radical (unpaired) electrons. The highest BCUT2D eigenvalue weighted by Crippen LogP contribution is 2.33. The average Bonchev–Trinajstić information content (AvgIpc) is 3.25. The molecule has 3 heterocycles. The van der Waals surface area contributed by atoms with Crippen molar-refractivity contribution in [1.82, 2.24) is 24.6 Å². The lowest BCUT2D eigenvalue weighted by atomic mass is 9.99. The Hall–Kier alpha value is -2.54. The van der Waals surface area contributed by atoms with Crippen LogP contribution in [0.1, 0.15) is 36.7 Å². The number of benzene rings is 1. The van der Waals surface area contributed by atoms with E-state index in [0.717, 1.165) is 36.8 Å². The number of aryl methyl sites for hydroxylation is 1. The van der Waals surface area contributed by atoms with Crippen molar-refractivity contribution in [2.75, 3.05) is 6.54 Å². The van der Waals surface area contributed by atoms with E-state index in [1.807, 2.05) is 19.4 Å². The zero-order valence-electron chi connectivity index (χ0n) is 14.6. The van der Waals surface area contributed by atoms with Crippen LogP contribution in [0.2, 0.25) is 0 Å². The molecule has 1 fully saturated rings. The molecule has 0 aliphatic carbocycles. The van der Waals surface area contributed by atoms with Crippen molar-refractivity contribution in [3.8, 4) is 11.3 Å². The van der Waals surface area contributed by atoms with Gasteiger partial charge in [0, 0.05) is 43.2 Å². The Bertz CT molecular complexity index is 901. The van der Waals surface area contributed by atoms with Gasteiger partial charge in [0.15, 0.2) is 0 Å². The summed E-state index contributed by atoms with van der Waals surface area (Å²) in [5, 5.41) is 6.97. The van der Waals surface area contributed by atoms with Gasteiger partial charge < -0.3 is 4.57 Å². The van der Waals surface area contributed by atoms with E-state index in [0.29, 0.717) is 17.8 Å². The molecule has 1 atom stereocenters. The topological polar surface area (TPSA) is 49.7 Å². The van der Waals surface area contributed by atoms with Crippen LogP contribution >= 0.6 is 0 Å². The van der Waals surface area contributed by atoms with Crippen LogP contribution in [0.3, 0.4) is 0 Å². The number of hydrogen-bond acceptors (Lipinski definition) is 3. The summed E-state index contributed by atoms with van der Waals surface area (Å²) in [6.45, 7) is 1.59. The van der Waals surface area contributed by atoms with Crippen molar-refractivity contribution in [1.29, 1.82) is 0 Å². The van der Waals surface area contributed by atoms with Crippen LogP contribution in [0.15, 0.2) is 36.8 Å². The Kier molecular flexibility index (Phi) is 4.55. The first-order valence-corrected chi connectivity index (χ1v) is 8.82. The van der Waals surface area contributed by atoms with E-state index in [9.17, 15) is 8.78 Å². The first kappa shape index (κ1) is 16.9. The van der Waals surface area contributed by atoms with Gasteiger partial charge in [-0.1, -0.05) is 6.42 Å². The monoisotopic (exact) mass is 357 g/mol. The van der Waals surface area contributed by atoms with Gasteiger partial charge in [-0.15, -0.1) is 0 Å². The predicted octanol–water partition coefficient (Wildman–Crippen LogP) is 3.82. The highest BCUT2D eigenvalue weighted by atomic mass is 19.1. The van der Waals surface area contributed by atoms with Gasteiger partial charge in [-0.3, -0.25) is 10.00 Å². The second-order valence-corrected chi connectivity index (χ2v) is 6.77. The molecule has 1 aliphatic rings. The number of nitrogens with one attached hydrogen (secondary N) is 1. The normalized spacial score (nSPS) is 18.3. The number of aromatic nitrogens is 4. The molecule has 1 N–H and O–H groups in total. The van der Waals surface area contributed by atoms with Crippen LogP contribution < -0.4 is 0 Å². The SMILES string of the molecule is Cn1ccnc1[C@@H]1CCCCN1Cc1cn[nH]c1-c1ccc(F)cc1F. The maximum Gasteiger partial charge on any atom is 0.135 e. The Labute approximate surface area is 150 Å². The number of nitrogens with zero attached hydrogens (tertiary/aromatic N) is 4. The minimum absolute atomic E-state index is 0.226. The Morgan fingerprint density at radius 3 is 2.92 bits per heavy atom. The van der Waals surface area contributed by atoms with Gasteiger partial charge in [0.05, 0.1) is 17.9 Å². The van der Waals surface area contributed by atoms with Gasteiger partial charge in [0.1, 0.15) is 17.5 Å². The van der Waals surface area contributed by atoms with Gasteiger partial charge in [0.2, 0.25) is 0 Å². The number of hydrogen-bond donors (Lipinski definition) is 1. The van der Waals surface area contributed by atoms with E-state index in [-0.39, 0.29) is 6.04 Å². The fraction of sp³-hybridized carbons (Fsp3) is 0.368. The third-order valence-electron chi connectivity index (χ3n) is 5.06. The molecular formula is C19H21F2N5. The lowest BCUT2D eigenvalue weighted by Gasteiger charge is -2.35. The zero-order valence-corrected chi connectivity index (χ0v) is 14.6. The van der Waals surface area contributed by atoms with Gasteiger partial charge in [-0.25, -0.2) is 13.8 Å². The minimum atomic E-state index is -0.588. The highest BCUT2D eigenvalue weighted by molar-refractivity contribution is 5.63. The Morgan fingerprint density at radius 2 is 2.15 bits per heavy atom. The number of imidazole rings is 1. The number of halogens is 2. The van der Waals surface area contributed by atoms with Gasteiger partial charge in [-0.05, 0) is 31.5 Å². The van der Waals surface area contributed by atoms with Crippen molar-refractivity contribution < 1.29 is 8.78 Å². The van der Waals surface area contributed by atoms with E-state index in [4.69, 9.17) is 0 Å². The van der Waals surface area contributed by atoms with Crippen molar-refractivity contribution in [3.63, 3.8) is 0 Å². The smallest absolute Gasteiger partial charge is 0.135 e. The molecule has 3 aromatic rings. The molecule has 0 spiro atoms. The molecular weight excluding hydrogens is 336 g/mol. The summed E-state index contributed by atoms with van der Waals surface area (Å²) in [5.74, 6) is -0.129. The average molecular weight is 357 g/mol. The molecule has 26 heavy (non-hydrogen) atoms. The summed E-state index contributed by atoms with van der Waals surface area (Å²) < 4.78 is 29.5. The third kappa shape index (κ3) is 3.14. The number of likely N-dealkylation sites (tertiary alicyclic amines) is 1. The molecule has 1 saturated heterocycles. The maximum absolute atomic E-state index is 14.2. The fourth-order valence-corrected chi connectivity index (χ4v) is 3.75. The molecule has 0 saturated carbocycles. The molecule has 5 nitrogen and oxygen atoms in total. The fourth-order valence-electron chi connectivity index (χ4n) is 3.75. The molecule has 0 unspecified atom stereocenters. The molecule has 0 bridgehead atoms. The maximum atomic E-state index is 14.2. The summed E-state index contributed by atoms with van der Waals surface area (Å²) in [4.78, 5) is 6.88. The number of H-pyrrole nitrogens is 1. The van der Waals surface area contributed by atoms with Gasteiger partial charge >= 0.3 is 0 Å². The molecule has 2 aromatic heterocycles. The molecule has 136 valence electrons. The van der Waals surface area contributed by atoms with Gasteiger partial charge in [0.25, 0.3) is 0 Å². The summed E-state index contributed by atoms with van der Waals surface area (Å²) >= 11 is 0. The summed E-state index contributed by atoms with van der Waals surface area (Å²) in [7, 11) is 2.01. The van der Waals surface area contributed by atoms with E-state index in [2.05, 4.69) is 24.6 Å². The predicted molar refractivity (Wildman–Crippen MR) is 94.1 cm³/mol. The largest absolute Gasteiger partial charge is 0.337 e. The minimum Gasteiger partial charge on any atom is -0.337 e. The number of aromatic amines is 1. The standard InChI is InChI=1S/C19H21F2N5/c1-25-9-7-22-19(25)17-4-2-3-8-26(17)12-13-11-23-24-18(13)15-6-5-14(20)10-16(15)21/h5-7,9-11,17H,2-4,8,12H2,1H3,(H,23,24)/t17-/m0/s1. The van der Waals surface area contributed by atoms with E-state index < -0.39 is 11.6 Å². The zero-order chi connectivity index (χ0) is 18.1. The molecule has 0 amide bonds. The summed E-state index contributed by atoms with van der Waals surface area (Å²) in [5.41, 5.74) is 1.84. The van der Waals surface area contributed by atoms with E-state index in [1.165, 1.54) is 18.6 Å². The van der Waals surface area contributed by atoms with Gasteiger partial charge in [-0.2, -0.15) is 5.10 Å². The highest BCUT2D eigenvalue weighted by Gasteiger charge is 2.28. The first-order valence-electron chi connectivity index (χ1n) is 8.82. The molecule has 4 rings (SSSR count). The van der Waals surface area contributed by atoms with Crippen LogP contribution in [0.5, 0.6) is 0 Å². The quantitative estimate of drug-likeness (QED) is 0.772. The second-order valence-electron chi connectivity index (χ2n) is 6.77. The van der Waals surface area contributed by atoms with Crippen LogP contribution in [-0.4, -0.2) is 31.2 Å². The van der Waals surface area contributed by atoms with Crippen molar-refractivity contribution in [2.45, 2.75) is 31.8 Å². The van der Waals surface area contributed by atoms with E-state index in [1.54, 1.807) is 6.20 Å². The summed E-state index contributed by atoms with van der Waals surface area (Å²) in [6.07, 6.45) is 8.83. The Balaban J connectivity index is 1.63.